The van der Waals surface area contributed by atoms with Gasteiger partial charge in [-0.25, -0.2) is 0 Å². The van der Waals surface area contributed by atoms with E-state index in [1.54, 1.807) is 0 Å². The van der Waals surface area contributed by atoms with Crippen LogP contribution in [0.3, 0.4) is 0 Å². The molecule has 0 saturated heterocycles. The predicted molar refractivity (Wildman–Crippen MR) is 56.8 cm³/mol. The molecule has 0 aromatic carbocycles. The van der Waals surface area contributed by atoms with Crippen molar-refractivity contribution in [3.05, 3.63) is 18.0 Å². The maximum absolute atomic E-state index is 5.87. The first-order chi connectivity index (χ1) is 6.74. The summed E-state index contributed by atoms with van der Waals surface area (Å²) in [5, 5.41) is 4.41. The fourth-order valence-corrected chi connectivity index (χ4v) is 2.26. The molecule has 0 spiro atoms. The van der Waals surface area contributed by atoms with Gasteiger partial charge in [0, 0.05) is 19.3 Å². The molecular formula is C11H19N3. The summed E-state index contributed by atoms with van der Waals surface area (Å²) in [4.78, 5) is 0. The molecule has 0 radical (unpaired) electrons. The van der Waals surface area contributed by atoms with Gasteiger partial charge in [0.1, 0.15) is 0 Å². The molecule has 3 nitrogen and oxygen atoms in total. The molecule has 1 heterocycles. The van der Waals surface area contributed by atoms with E-state index in [-0.39, 0.29) is 0 Å². The molecule has 0 aliphatic heterocycles. The summed E-state index contributed by atoms with van der Waals surface area (Å²) in [5.74, 6) is 0.810. The lowest BCUT2D eigenvalue weighted by Crippen LogP contribution is -2.27. The Kier molecular flexibility index (Phi) is 2.87. The van der Waals surface area contributed by atoms with Crippen LogP contribution in [-0.4, -0.2) is 15.8 Å². The van der Waals surface area contributed by atoms with E-state index in [4.69, 9.17) is 5.73 Å². The molecule has 0 amide bonds. The van der Waals surface area contributed by atoms with Crippen LogP contribution in [0.4, 0.5) is 0 Å². The Hall–Kier alpha value is -0.830. The number of hydrogen-bond acceptors (Lipinski definition) is 2. The first kappa shape index (κ1) is 9.71. The van der Waals surface area contributed by atoms with Gasteiger partial charge in [0.2, 0.25) is 0 Å². The van der Waals surface area contributed by atoms with Crippen LogP contribution in [0.2, 0.25) is 0 Å². The number of nitrogens with two attached hydrogens (primary N) is 1. The molecule has 0 atom stereocenters. The lowest BCUT2D eigenvalue weighted by atomic mass is 9.84. The van der Waals surface area contributed by atoms with Crippen LogP contribution in [0.25, 0.3) is 0 Å². The van der Waals surface area contributed by atoms with Gasteiger partial charge in [-0.05, 0) is 44.1 Å². The van der Waals surface area contributed by atoms with Gasteiger partial charge in [-0.1, -0.05) is 0 Å². The second-order valence-electron chi connectivity index (χ2n) is 4.47. The Labute approximate surface area is 85.3 Å². The van der Waals surface area contributed by atoms with Gasteiger partial charge in [-0.15, -0.1) is 0 Å². The highest BCUT2D eigenvalue weighted by atomic mass is 15.2. The average molecular weight is 193 g/mol. The molecule has 0 bridgehead atoms. The van der Waals surface area contributed by atoms with Gasteiger partial charge in [0.05, 0.1) is 5.69 Å². The Morgan fingerprint density at radius 2 is 2.14 bits per heavy atom. The first-order valence-corrected chi connectivity index (χ1v) is 5.48. The van der Waals surface area contributed by atoms with Crippen LogP contribution in [0.1, 0.15) is 31.4 Å². The van der Waals surface area contributed by atoms with Crippen LogP contribution < -0.4 is 5.73 Å². The van der Waals surface area contributed by atoms with E-state index in [0.29, 0.717) is 6.04 Å². The molecule has 14 heavy (non-hydrogen) atoms. The minimum atomic E-state index is 0.454. The molecule has 3 heteroatoms. The number of nitrogens with zero attached hydrogens (tertiary/aromatic N) is 2. The van der Waals surface area contributed by atoms with E-state index in [2.05, 4.69) is 11.2 Å². The summed E-state index contributed by atoms with van der Waals surface area (Å²) >= 11 is 0. The molecule has 1 aliphatic carbocycles. The maximum atomic E-state index is 5.87. The van der Waals surface area contributed by atoms with Gasteiger partial charge in [0.25, 0.3) is 0 Å². The van der Waals surface area contributed by atoms with Crippen LogP contribution in [0.5, 0.6) is 0 Å². The van der Waals surface area contributed by atoms with E-state index in [1.807, 2.05) is 17.9 Å². The van der Waals surface area contributed by atoms with Gasteiger partial charge in [-0.2, -0.15) is 5.10 Å². The second kappa shape index (κ2) is 4.13. The summed E-state index contributed by atoms with van der Waals surface area (Å²) in [6, 6.07) is 2.57. The van der Waals surface area contributed by atoms with Crippen molar-refractivity contribution in [3.63, 3.8) is 0 Å². The summed E-state index contributed by atoms with van der Waals surface area (Å²) in [7, 11) is 1.97. The summed E-state index contributed by atoms with van der Waals surface area (Å²) in [6.07, 6.45) is 8.09. The Balaban J connectivity index is 1.86. The van der Waals surface area contributed by atoms with E-state index in [1.165, 1.54) is 31.4 Å². The van der Waals surface area contributed by atoms with Gasteiger partial charge in [0.15, 0.2) is 0 Å². The van der Waals surface area contributed by atoms with E-state index in [0.717, 1.165) is 12.3 Å². The maximum Gasteiger partial charge on any atom is 0.0627 e. The van der Waals surface area contributed by atoms with Gasteiger partial charge >= 0.3 is 0 Å². The molecule has 78 valence electrons. The van der Waals surface area contributed by atoms with Crippen molar-refractivity contribution < 1.29 is 0 Å². The molecule has 0 unspecified atom stereocenters. The normalized spacial score (nSPS) is 27.9. The summed E-state index contributed by atoms with van der Waals surface area (Å²) in [5.41, 5.74) is 7.10. The SMILES string of the molecule is Cn1ccc(CC2CCC(N)CC2)n1. The van der Waals surface area contributed by atoms with Crippen LogP contribution >= 0.6 is 0 Å². The highest BCUT2D eigenvalue weighted by Gasteiger charge is 2.19. The number of aryl methyl sites for hydroxylation is 1. The number of hydrogen-bond donors (Lipinski definition) is 1. The zero-order valence-electron chi connectivity index (χ0n) is 8.82. The van der Waals surface area contributed by atoms with Crippen LogP contribution in [-0.2, 0) is 13.5 Å². The minimum Gasteiger partial charge on any atom is -0.328 e. The third kappa shape index (κ3) is 2.35. The van der Waals surface area contributed by atoms with Crippen molar-refractivity contribution >= 4 is 0 Å². The van der Waals surface area contributed by atoms with Crippen molar-refractivity contribution in [2.45, 2.75) is 38.1 Å². The van der Waals surface area contributed by atoms with E-state index in [9.17, 15) is 0 Å². The number of aromatic nitrogens is 2. The van der Waals surface area contributed by atoms with E-state index >= 15 is 0 Å². The fraction of sp³-hybridized carbons (Fsp3) is 0.727. The average Bonchev–Trinajstić information content (AvgIpc) is 2.56. The van der Waals surface area contributed by atoms with Crippen molar-refractivity contribution in [2.24, 2.45) is 18.7 Å². The molecule has 2 N–H and O–H groups in total. The molecule has 1 saturated carbocycles. The standard InChI is InChI=1S/C11H19N3/c1-14-7-6-11(13-14)8-9-2-4-10(12)5-3-9/h6-7,9-10H,2-5,8,12H2,1H3. The van der Waals surface area contributed by atoms with Crippen LogP contribution in [0.15, 0.2) is 12.3 Å². The fourth-order valence-electron chi connectivity index (χ4n) is 2.26. The minimum absolute atomic E-state index is 0.454. The molecule has 1 fully saturated rings. The summed E-state index contributed by atoms with van der Waals surface area (Å²) < 4.78 is 1.88. The number of rotatable bonds is 2. The van der Waals surface area contributed by atoms with Crippen LogP contribution in [0, 0.1) is 5.92 Å². The molecule has 1 aliphatic rings. The smallest absolute Gasteiger partial charge is 0.0627 e. The topological polar surface area (TPSA) is 43.8 Å². The van der Waals surface area contributed by atoms with Gasteiger partial charge in [-0.3, -0.25) is 4.68 Å². The largest absolute Gasteiger partial charge is 0.328 e. The predicted octanol–water partition coefficient (Wildman–Crippen LogP) is 1.48. The quantitative estimate of drug-likeness (QED) is 0.773. The van der Waals surface area contributed by atoms with E-state index < -0.39 is 0 Å². The highest BCUT2D eigenvalue weighted by Crippen LogP contribution is 2.25. The lowest BCUT2D eigenvalue weighted by Gasteiger charge is -2.25. The Bertz CT molecular complexity index is 284. The van der Waals surface area contributed by atoms with Crippen molar-refractivity contribution in [2.75, 3.05) is 0 Å². The molecular weight excluding hydrogens is 174 g/mol. The highest BCUT2D eigenvalue weighted by molar-refractivity contribution is 5.00. The first-order valence-electron chi connectivity index (χ1n) is 5.48. The zero-order chi connectivity index (χ0) is 9.97. The van der Waals surface area contributed by atoms with Crippen molar-refractivity contribution in [1.82, 2.24) is 9.78 Å². The van der Waals surface area contributed by atoms with Crippen molar-refractivity contribution in [1.29, 1.82) is 0 Å². The third-order valence-corrected chi connectivity index (χ3v) is 3.16. The molecule has 1 aromatic rings. The lowest BCUT2D eigenvalue weighted by molar-refractivity contribution is 0.322. The van der Waals surface area contributed by atoms with Gasteiger partial charge < -0.3 is 5.73 Å². The Morgan fingerprint density at radius 3 is 2.71 bits per heavy atom. The Morgan fingerprint density at radius 1 is 1.43 bits per heavy atom. The van der Waals surface area contributed by atoms with Crippen molar-refractivity contribution in [3.8, 4) is 0 Å². The summed E-state index contributed by atoms with van der Waals surface area (Å²) in [6.45, 7) is 0. The zero-order valence-corrected chi connectivity index (χ0v) is 8.82. The third-order valence-electron chi connectivity index (χ3n) is 3.16. The monoisotopic (exact) mass is 193 g/mol. The molecule has 2 rings (SSSR count). The molecule has 1 aromatic heterocycles. The second-order valence-corrected chi connectivity index (χ2v) is 4.47.